The van der Waals surface area contributed by atoms with Crippen LogP contribution in [-0.2, 0) is 25.7 Å². The minimum absolute atomic E-state index is 0.131. The van der Waals surface area contributed by atoms with E-state index < -0.39 is 18.0 Å². The smallest absolute Gasteiger partial charge is 0.343 e. The largest absolute Gasteiger partial charge is 0.490 e. The summed E-state index contributed by atoms with van der Waals surface area (Å²) in [6, 6.07) is 17.4. The molecule has 5 rings (SSSR count). The average molecular weight is 661 g/mol. The Hall–Kier alpha value is -5.23. The first kappa shape index (κ1) is 33.1. The van der Waals surface area contributed by atoms with E-state index in [1.165, 1.54) is 35.1 Å². The van der Waals surface area contributed by atoms with Gasteiger partial charge in [0.05, 0.1) is 42.2 Å². The molecule has 0 N–H and O–H groups in total. The number of rotatable bonds is 12. The first-order valence-electron chi connectivity index (χ1n) is 14.9. The Bertz CT molecular complexity index is 2000. The molecule has 0 fully saturated rings. The third-order valence-corrected chi connectivity index (χ3v) is 8.17. The van der Waals surface area contributed by atoms with E-state index in [0.717, 1.165) is 5.56 Å². The molecule has 1 aliphatic heterocycles. The number of methoxy groups -OCH3 is 1. The second kappa shape index (κ2) is 14.9. The maximum atomic E-state index is 14.2. The lowest BCUT2D eigenvalue weighted by atomic mass is 9.95. The molecule has 10 nitrogen and oxygen atoms in total. The lowest BCUT2D eigenvalue weighted by Crippen LogP contribution is -2.40. The maximum Gasteiger partial charge on any atom is 0.343 e. The highest BCUT2D eigenvalue weighted by Gasteiger charge is 2.34. The van der Waals surface area contributed by atoms with Gasteiger partial charge < -0.3 is 23.7 Å². The van der Waals surface area contributed by atoms with Gasteiger partial charge in [0.1, 0.15) is 18.2 Å². The Morgan fingerprint density at radius 1 is 0.957 bits per heavy atom. The fraction of sp³-hybridized carbons (Fsp3) is 0.257. The quantitative estimate of drug-likeness (QED) is 0.205. The van der Waals surface area contributed by atoms with Crippen molar-refractivity contribution in [2.45, 2.75) is 33.4 Å². The number of allylic oxidation sites excluding steroid dienone is 1. The normalized spacial score (nSPS) is 14.2. The lowest BCUT2D eigenvalue weighted by Gasteiger charge is -2.25. The molecule has 2 heterocycles. The molecular weight excluding hydrogens is 627 g/mol. The van der Waals surface area contributed by atoms with Crippen LogP contribution in [0.15, 0.2) is 87.8 Å². The van der Waals surface area contributed by atoms with Gasteiger partial charge in [0.15, 0.2) is 22.9 Å². The van der Waals surface area contributed by atoms with Crippen molar-refractivity contribution < 1.29 is 37.7 Å². The molecule has 0 saturated carbocycles. The molecule has 0 spiro atoms. The molecule has 0 amide bonds. The van der Waals surface area contributed by atoms with Crippen LogP contribution in [0.5, 0.6) is 17.2 Å². The van der Waals surface area contributed by atoms with Crippen molar-refractivity contribution >= 4 is 29.4 Å². The van der Waals surface area contributed by atoms with Crippen LogP contribution in [0.4, 0.5) is 4.39 Å². The number of thiazole rings is 1. The van der Waals surface area contributed by atoms with Crippen LogP contribution in [0.2, 0.25) is 0 Å². The summed E-state index contributed by atoms with van der Waals surface area (Å²) in [5.74, 6) is -0.344. The molecule has 0 radical (unpaired) electrons. The minimum Gasteiger partial charge on any atom is -0.490 e. The topological polar surface area (TPSA) is 115 Å². The summed E-state index contributed by atoms with van der Waals surface area (Å²) in [4.78, 5) is 44.3. The van der Waals surface area contributed by atoms with Gasteiger partial charge in [-0.05, 0) is 68.3 Å². The molecular formula is C35H33FN2O8S. The standard InChI is InChI=1S/C35H33FN2O8S/c1-5-43-28-17-24(13-16-27(28)46-20-30(39)42-4)32-31(34(41)44-6-2)21(3)37-35-38(32)33(40)29(47-35)18-23-9-7-8-10-26(23)45-19-22-11-14-25(36)15-12-22/h7-18,32H,5-6,19-20H2,1-4H3/b29-18-/t32-/m1/s1. The van der Waals surface area contributed by atoms with Gasteiger partial charge in [-0.15, -0.1) is 0 Å². The molecule has 0 saturated heterocycles. The molecule has 0 bridgehead atoms. The predicted octanol–water partition coefficient (Wildman–Crippen LogP) is 4.47. The number of carbonyl (C=O) groups is 2. The van der Waals surface area contributed by atoms with Crippen LogP contribution < -0.4 is 29.1 Å². The zero-order valence-corrected chi connectivity index (χ0v) is 27.1. The number of nitrogens with zero attached hydrogens (tertiary/aromatic N) is 2. The number of benzene rings is 3. The van der Waals surface area contributed by atoms with Crippen LogP contribution in [-0.4, -0.2) is 43.4 Å². The van der Waals surface area contributed by atoms with Crippen molar-refractivity contribution in [3.63, 3.8) is 0 Å². The van der Waals surface area contributed by atoms with Crippen LogP contribution in [0.1, 0.15) is 43.5 Å². The molecule has 0 aliphatic carbocycles. The zero-order chi connectivity index (χ0) is 33.5. The summed E-state index contributed by atoms with van der Waals surface area (Å²) in [5, 5.41) is 0. The van der Waals surface area contributed by atoms with E-state index in [-0.39, 0.29) is 36.8 Å². The monoisotopic (exact) mass is 660 g/mol. The molecule has 0 unspecified atom stereocenters. The first-order valence-corrected chi connectivity index (χ1v) is 15.7. The molecule has 244 valence electrons. The van der Waals surface area contributed by atoms with E-state index in [4.69, 9.17) is 18.9 Å². The Morgan fingerprint density at radius 2 is 1.72 bits per heavy atom. The van der Waals surface area contributed by atoms with Crippen molar-refractivity contribution in [2.75, 3.05) is 26.9 Å². The van der Waals surface area contributed by atoms with Crippen molar-refractivity contribution in [1.29, 1.82) is 0 Å². The van der Waals surface area contributed by atoms with Crippen molar-refractivity contribution in [2.24, 2.45) is 4.99 Å². The van der Waals surface area contributed by atoms with E-state index in [1.807, 2.05) is 18.2 Å². The van der Waals surface area contributed by atoms with Crippen molar-refractivity contribution in [3.05, 3.63) is 120 Å². The summed E-state index contributed by atoms with van der Waals surface area (Å²) < 4.78 is 42.8. The van der Waals surface area contributed by atoms with Crippen LogP contribution in [0.3, 0.4) is 0 Å². The highest BCUT2D eigenvalue weighted by molar-refractivity contribution is 7.07. The second-order valence-electron chi connectivity index (χ2n) is 10.3. The molecule has 1 aromatic heterocycles. The van der Waals surface area contributed by atoms with Gasteiger partial charge >= 0.3 is 11.9 Å². The third-order valence-electron chi connectivity index (χ3n) is 7.19. The molecule has 4 aromatic rings. The van der Waals surface area contributed by atoms with Gasteiger partial charge in [-0.3, -0.25) is 9.36 Å². The van der Waals surface area contributed by atoms with E-state index in [0.29, 0.717) is 50.0 Å². The number of fused-ring (bicyclic) bond motifs is 1. The molecule has 1 aliphatic rings. The highest BCUT2D eigenvalue weighted by Crippen LogP contribution is 2.36. The number of halogens is 1. The van der Waals surface area contributed by atoms with E-state index in [2.05, 4.69) is 9.73 Å². The van der Waals surface area contributed by atoms with Crippen LogP contribution in [0, 0.1) is 5.82 Å². The third kappa shape index (κ3) is 7.44. The summed E-state index contributed by atoms with van der Waals surface area (Å²) in [5.41, 5.74) is 2.24. The number of hydrogen-bond acceptors (Lipinski definition) is 10. The molecule has 3 aromatic carbocycles. The fourth-order valence-corrected chi connectivity index (χ4v) is 6.04. The van der Waals surface area contributed by atoms with Gasteiger partial charge in [-0.2, -0.15) is 0 Å². The van der Waals surface area contributed by atoms with Gasteiger partial charge in [0.2, 0.25) is 0 Å². The number of ether oxygens (including phenoxy) is 5. The van der Waals surface area contributed by atoms with Crippen molar-refractivity contribution in [3.8, 4) is 17.2 Å². The Kier molecular flexibility index (Phi) is 10.5. The van der Waals surface area contributed by atoms with E-state index >= 15 is 0 Å². The van der Waals surface area contributed by atoms with Gasteiger partial charge in [-0.25, -0.2) is 19.0 Å². The molecule has 12 heteroatoms. The maximum absolute atomic E-state index is 14.2. The summed E-state index contributed by atoms with van der Waals surface area (Å²) >= 11 is 1.18. The van der Waals surface area contributed by atoms with E-state index in [1.54, 1.807) is 63.2 Å². The minimum atomic E-state index is -0.897. The predicted molar refractivity (Wildman–Crippen MR) is 173 cm³/mol. The highest BCUT2D eigenvalue weighted by atomic mass is 32.1. The van der Waals surface area contributed by atoms with E-state index in [9.17, 15) is 18.8 Å². The first-order chi connectivity index (χ1) is 22.7. The number of aromatic nitrogens is 1. The number of esters is 2. The number of hydrogen-bond donors (Lipinski definition) is 0. The zero-order valence-electron chi connectivity index (χ0n) is 26.3. The Morgan fingerprint density at radius 3 is 2.45 bits per heavy atom. The lowest BCUT2D eigenvalue weighted by molar-refractivity contribution is -0.143. The summed E-state index contributed by atoms with van der Waals surface area (Å²) in [6.45, 7) is 5.51. The number of carbonyl (C=O) groups excluding carboxylic acids is 2. The van der Waals surface area contributed by atoms with Gasteiger partial charge in [0, 0.05) is 5.56 Å². The molecule has 47 heavy (non-hydrogen) atoms. The average Bonchev–Trinajstić information content (AvgIpc) is 3.37. The SMILES string of the molecule is CCOC(=O)C1=C(C)N=c2s/c(=C\c3ccccc3OCc3ccc(F)cc3)c(=O)n2[C@@H]1c1ccc(OCC(=O)OC)c(OCC)c1. The number of para-hydroxylation sites is 1. The fourth-order valence-electron chi connectivity index (χ4n) is 5.00. The van der Waals surface area contributed by atoms with Crippen molar-refractivity contribution in [1.82, 2.24) is 4.57 Å². The van der Waals surface area contributed by atoms with Gasteiger partial charge in [0.25, 0.3) is 5.56 Å². The second-order valence-corrected chi connectivity index (χ2v) is 11.3. The summed E-state index contributed by atoms with van der Waals surface area (Å²) in [7, 11) is 1.26. The Balaban J connectivity index is 1.59. The summed E-state index contributed by atoms with van der Waals surface area (Å²) in [6.07, 6.45) is 1.72. The Labute approximate surface area is 274 Å². The molecule has 1 atom stereocenters. The van der Waals surface area contributed by atoms with Gasteiger partial charge in [-0.1, -0.05) is 47.7 Å². The van der Waals surface area contributed by atoms with Crippen LogP contribution in [0.25, 0.3) is 6.08 Å². The van der Waals surface area contributed by atoms with Crippen LogP contribution >= 0.6 is 11.3 Å².